The Labute approximate surface area is 354 Å². The second kappa shape index (κ2) is 22.7. The number of carbonyl (C=O) groups excluding carboxylic acids is 2. The molecule has 14 nitrogen and oxygen atoms in total. The van der Waals surface area contributed by atoms with Gasteiger partial charge in [-0.25, -0.2) is 9.78 Å². The van der Waals surface area contributed by atoms with Gasteiger partial charge < -0.3 is 30.1 Å². The van der Waals surface area contributed by atoms with Crippen molar-refractivity contribution < 1.29 is 48.4 Å². The molecule has 0 radical (unpaired) electrons. The van der Waals surface area contributed by atoms with Crippen LogP contribution < -0.4 is 14.6 Å². The van der Waals surface area contributed by atoms with Crippen molar-refractivity contribution in [3.63, 3.8) is 0 Å². The number of hydrogen-bond acceptors (Lipinski definition) is 13. The van der Waals surface area contributed by atoms with E-state index >= 15 is 0 Å². The first-order valence-electron chi connectivity index (χ1n) is 16.9. The molecule has 0 aliphatic heterocycles. The molecule has 0 fully saturated rings. The van der Waals surface area contributed by atoms with Gasteiger partial charge in [0, 0.05) is 52.1 Å². The van der Waals surface area contributed by atoms with Gasteiger partial charge in [0.2, 0.25) is 0 Å². The molecule has 0 aliphatic carbocycles. The van der Waals surface area contributed by atoms with E-state index in [4.69, 9.17) is 20.0 Å². The number of pyridine rings is 4. The Balaban J connectivity index is 0.000000237. The van der Waals surface area contributed by atoms with Gasteiger partial charge in [0.1, 0.15) is 11.5 Å². The summed E-state index contributed by atoms with van der Waals surface area (Å²) < 4.78 is 9.70. The maximum atomic E-state index is 11.2. The van der Waals surface area contributed by atoms with E-state index in [-0.39, 0.29) is 60.9 Å². The molecule has 0 spiro atoms. The maximum absolute atomic E-state index is 11.2. The molecule has 1 aromatic carbocycles. The van der Waals surface area contributed by atoms with Crippen LogP contribution in [0.4, 0.5) is 0 Å². The minimum Gasteiger partial charge on any atom is -0.753 e. The van der Waals surface area contributed by atoms with Crippen molar-refractivity contribution >= 4 is 53.7 Å². The topological polar surface area (TPSA) is 204 Å². The Kier molecular flexibility index (Phi) is 17.2. The van der Waals surface area contributed by atoms with Crippen LogP contribution in [0.2, 0.25) is 0 Å². The van der Waals surface area contributed by atoms with Crippen LogP contribution in [0.5, 0.6) is 11.5 Å². The van der Waals surface area contributed by atoms with E-state index in [1.165, 1.54) is 70.1 Å². The number of carboxylic acids is 1. The second-order valence-corrected chi connectivity index (χ2v) is 12.7. The number of ether oxygens (including phenoxy) is 2. The average molecular weight is 896 g/mol. The predicted octanol–water partition coefficient (Wildman–Crippen LogP) is 8.33. The first-order chi connectivity index (χ1) is 27.8. The summed E-state index contributed by atoms with van der Waals surface area (Å²) in [6.07, 6.45) is 11.3. The normalized spacial score (nSPS) is 10.1. The third kappa shape index (κ3) is 12.4. The Hall–Kier alpha value is -6.77. The van der Waals surface area contributed by atoms with E-state index in [1.807, 2.05) is 42.6 Å². The molecule has 0 saturated carbocycles. The molecule has 58 heavy (non-hydrogen) atoms. The molecular weight excluding hydrogens is 866 g/mol. The number of thiocarbonyl (C=S) groups is 1. The number of rotatable bonds is 13. The minimum absolute atomic E-state index is 0. The zero-order valence-corrected chi connectivity index (χ0v) is 33.7. The number of aromatic nitrogens is 7. The van der Waals surface area contributed by atoms with Crippen molar-refractivity contribution in [2.75, 3.05) is 0 Å². The summed E-state index contributed by atoms with van der Waals surface area (Å²) in [5.41, 5.74) is 4.02. The molecular formula is C41H30N8O6RuS2. The number of isothiocyanates is 1. The number of carboxylic acid groups (broad SMARTS) is 1. The molecule has 1 N–H and O–H groups in total. The van der Waals surface area contributed by atoms with Gasteiger partial charge in [0.25, 0.3) is 12.9 Å². The Morgan fingerprint density at radius 3 is 2.16 bits per heavy atom. The minimum atomic E-state index is -1.11. The maximum Gasteiger partial charge on any atom is 2.00 e. The first kappa shape index (κ1) is 44.0. The van der Waals surface area contributed by atoms with Crippen LogP contribution in [-0.4, -0.2) is 59.2 Å². The van der Waals surface area contributed by atoms with Crippen LogP contribution in [0.1, 0.15) is 35.0 Å². The molecule has 7 rings (SSSR count). The smallest absolute Gasteiger partial charge is 0.753 e. The van der Waals surface area contributed by atoms with E-state index in [9.17, 15) is 14.4 Å². The standard InChI is InChI=1S/C22H19N4S.C18H11N3O6.CNS.Ru/c1-2-3-5-10-18-12-14-20(27-18)17-11-13-19(23-15-17)22-24-21(25-26-22)16-8-6-4-7-9-16;22-9-26-12-2-4-20-15(6-12)17-8-13(27-10-23)7-16(21-17)14-5-11(18(24)25)1-3-19-14;2-1-3;/h4-15H,2-3H2,1H3;1-10H,(H,24,25);;/q-1;;-1;+2/b10-5+;;;. The molecule has 0 saturated heterocycles. The third-order valence-electron chi connectivity index (χ3n) is 7.55. The number of hydrogen-bond donors (Lipinski definition) is 1. The van der Waals surface area contributed by atoms with E-state index in [2.05, 4.69) is 84.6 Å². The zero-order chi connectivity index (χ0) is 40.4. The van der Waals surface area contributed by atoms with Gasteiger partial charge in [-0.3, -0.25) is 29.6 Å². The SMILES string of the molecule is CCC/C=C/c1ccc(-c2ccc(-c3nc(-c4ccccc4)n[n-]3)nc2)s1.O=COc1ccnc(-c2cc(OC=O)cc(-c3cc(C(=O)O)ccn3)n2)c1.[N-]=C=S.[Ru+2]. The van der Waals surface area contributed by atoms with Crippen LogP contribution in [0.25, 0.3) is 67.6 Å². The van der Waals surface area contributed by atoms with E-state index < -0.39 is 5.97 Å². The summed E-state index contributed by atoms with van der Waals surface area (Å²) >= 11 is 5.47. The molecule has 17 heteroatoms. The number of unbranched alkanes of at least 4 members (excludes halogenated alkanes) is 1. The third-order valence-corrected chi connectivity index (χ3v) is 8.65. The molecule has 0 unspecified atom stereocenters. The van der Waals surface area contributed by atoms with Crippen molar-refractivity contribution in [1.29, 1.82) is 0 Å². The van der Waals surface area contributed by atoms with Gasteiger partial charge in [0.05, 0.1) is 39.9 Å². The van der Waals surface area contributed by atoms with Crippen molar-refractivity contribution in [2.24, 2.45) is 0 Å². The Morgan fingerprint density at radius 2 is 1.50 bits per heavy atom. The van der Waals surface area contributed by atoms with E-state index in [0.29, 0.717) is 23.0 Å². The molecule has 7 aromatic rings. The van der Waals surface area contributed by atoms with Crippen molar-refractivity contribution in [1.82, 2.24) is 35.1 Å². The zero-order valence-electron chi connectivity index (χ0n) is 30.4. The molecule has 0 aliphatic rings. The quantitative estimate of drug-likeness (QED) is 0.0500. The van der Waals surface area contributed by atoms with Gasteiger partial charge in [0.15, 0.2) is 0 Å². The first-order valence-corrected chi connectivity index (χ1v) is 18.1. The summed E-state index contributed by atoms with van der Waals surface area (Å²) in [6.45, 7) is 2.72. The molecule has 6 aromatic heterocycles. The van der Waals surface area contributed by atoms with Crippen molar-refractivity contribution in [2.45, 2.75) is 19.8 Å². The number of allylic oxidation sites excluding steroid dienone is 1. The second-order valence-electron chi connectivity index (χ2n) is 11.4. The van der Waals surface area contributed by atoms with Crippen LogP contribution in [-0.2, 0) is 29.1 Å². The number of thiophene rings is 1. The fraction of sp³-hybridized carbons (Fsp3) is 0.0732. The van der Waals surface area contributed by atoms with E-state index in [0.717, 1.165) is 23.2 Å². The number of benzene rings is 1. The molecule has 0 atom stereocenters. The van der Waals surface area contributed by atoms with Crippen molar-refractivity contribution in [3.05, 3.63) is 132 Å². The predicted molar refractivity (Wildman–Crippen MR) is 218 cm³/mol. The summed E-state index contributed by atoms with van der Waals surface area (Å²) in [5.74, 6) is 0.481. The van der Waals surface area contributed by atoms with Crippen LogP contribution in [0.3, 0.4) is 0 Å². The molecule has 0 amide bonds. The molecule has 290 valence electrons. The largest absolute Gasteiger partial charge is 2.00 e. The van der Waals surface area contributed by atoms with Gasteiger partial charge in [-0.1, -0.05) is 62.0 Å². The number of aromatic carboxylic acids is 1. The average Bonchev–Trinajstić information content (AvgIpc) is 3.94. The summed E-state index contributed by atoms with van der Waals surface area (Å²) in [4.78, 5) is 56.6. The van der Waals surface area contributed by atoms with Crippen molar-refractivity contribution in [3.8, 4) is 67.6 Å². The Bertz CT molecular complexity index is 2510. The molecule has 0 bridgehead atoms. The van der Waals surface area contributed by atoms with Crippen LogP contribution in [0.15, 0.2) is 116 Å². The van der Waals surface area contributed by atoms with Gasteiger partial charge >= 0.3 is 25.4 Å². The Morgan fingerprint density at radius 1 is 0.828 bits per heavy atom. The van der Waals surface area contributed by atoms with Crippen LogP contribution >= 0.6 is 23.6 Å². The van der Waals surface area contributed by atoms with Gasteiger partial charge in [-0.2, -0.15) is 5.16 Å². The van der Waals surface area contributed by atoms with E-state index in [1.54, 1.807) is 11.3 Å². The summed E-state index contributed by atoms with van der Waals surface area (Å²) in [7, 11) is 0. The molecule has 6 heterocycles. The number of nitrogens with zero attached hydrogens (tertiary/aromatic N) is 8. The number of carbonyl (C=O) groups is 3. The summed E-state index contributed by atoms with van der Waals surface area (Å²) in [5, 5.41) is 26.0. The van der Waals surface area contributed by atoms with Crippen LogP contribution in [0, 0.1) is 0 Å². The summed E-state index contributed by atoms with van der Waals surface area (Å²) in [6, 6.07) is 26.7. The fourth-order valence-electron chi connectivity index (χ4n) is 4.97. The fourth-order valence-corrected chi connectivity index (χ4v) is 5.90. The monoisotopic (exact) mass is 896 g/mol. The van der Waals surface area contributed by atoms with Gasteiger partial charge in [-0.15, -0.1) is 11.3 Å². The van der Waals surface area contributed by atoms with Gasteiger partial charge in [-0.05, 0) is 66.3 Å².